The Morgan fingerprint density at radius 2 is 1.86 bits per heavy atom. The number of carbonyl (C=O) groups excluding carboxylic acids is 2. The Morgan fingerprint density at radius 3 is 2.49 bits per heavy atom. The Kier molecular flexibility index (Phi) is 7.25. The summed E-state index contributed by atoms with van der Waals surface area (Å²) in [4.78, 5) is 29.4. The third-order valence-electron chi connectivity index (χ3n) is 8.84. The number of fused-ring (bicyclic) bond motifs is 1. The zero-order valence-corrected chi connectivity index (χ0v) is 24.3. The standard InChI is InChI=1S/C28H30F4N6O4S/c1-3-37-26(42)21-23(40)22(39)18(24-34-33-20(43-24)10-16-4-5-17(29)11-19(16)30)12-38(21)35(2)28(37)8-6-15(7-9-28)25(41)36-13-27(31,32)14-36/h4-5,11-12,15,22,39-40H,3,6-10,13-14H2,1-2H3. The zero-order chi connectivity index (χ0) is 30.8. The molecule has 1 unspecified atom stereocenters. The van der Waals surface area contributed by atoms with E-state index in [4.69, 9.17) is 0 Å². The highest BCUT2D eigenvalue weighted by molar-refractivity contribution is 7.12. The van der Waals surface area contributed by atoms with Crippen molar-refractivity contribution in [1.29, 1.82) is 0 Å². The van der Waals surface area contributed by atoms with Crippen LogP contribution in [-0.4, -0.2) is 96.4 Å². The third-order valence-corrected chi connectivity index (χ3v) is 9.81. The normalized spacial score (nSPS) is 27.4. The average Bonchev–Trinajstić information content (AvgIpc) is 3.42. The van der Waals surface area contributed by atoms with Crippen molar-refractivity contribution >= 4 is 28.7 Å². The van der Waals surface area contributed by atoms with Gasteiger partial charge in [0.1, 0.15) is 33.4 Å². The van der Waals surface area contributed by atoms with E-state index in [0.29, 0.717) is 30.7 Å². The van der Waals surface area contributed by atoms with Gasteiger partial charge in [-0.2, -0.15) is 5.01 Å². The molecule has 1 saturated carbocycles. The van der Waals surface area contributed by atoms with Crippen molar-refractivity contribution < 1.29 is 37.4 Å². The minimum absolute atomic E-state index is 0.0336. The van der Waals surface area contributed by atoms with Gasteiger partial charge in [-0.05, 0) is 44.2 Å². The molecule has 2 N–H and O–H groups in total. The van der Waals surface area contributed by atoms with E-state index in [2.05, 4.69) is 10.2 Å². The molecule has 10 nitrogen and oxygen atoms in total. The van der Waals surface area contributed by atoms with Gasteiger partial charge < -0.3 is 20.0 Å². The molecule has 4 aliphatic rings. The lowest BCUT2D eigenvalue weighted by molar-refractivity contribution is -0.197. The SMILES string of the molecule is CCN1C(=O)C2=C(O)C(O)C(c3nnc(Cc4ccc(F)cc4F)s3)=CN2N(C)C12CCC(C(=O)N1CC(F)(F)C1)CC2. The monoisotopic (exact) mass is 622 g/mol. The number of likely N-dealkylation sites (N-methyl/N-ethyl adjacent to an activating group) is 1. The number of rotatable bonds is 5. The molecule has 4 heterocycles. The lowest BCUT2D eigenvalue weighted by atomic mass is 9.78. The molecule has 2 aromatic rings. The second-order valence-corrected chi connectivity index (χ2v) is 12.4. The Balaban J connectivity index is 1.26. The Hall–Kier alpha value is -3.56. The maximum Gasteiger partial charge on any atom is 0.282 e. The van der Waals surface area contributed by atoms with Crippen molar-refractivity contribution in [2.75, 3.05) is 26.7 Å². The Morgan fingerprint density at radius 1 is 1.16 bits per heavy atom. The van der Waals surface area contributed by atoms with Gasteiger partial charge >= 0.3 is 0 Å². The number of likely N-dealkylation sites (tertiary alicyclic amines) is 1. The van der Waals surface area contributed by atoms with Crippen molar-refractivity contribution in [1.82, 2.24) is 30.0 Å². The Labute approximate surface area is 248 Å². The summed E-state index contributed by atoms with van der Waals surface area (Å²) >= 11 is 1.06. The smallest absolute Gasteiger partial charge is 0.282 e. The summed E-state index contributed by atoms with van der Waals surface area (Å²) in [5.41, 5.74) is -0.605. The molecule has 2 amide bonds. The van der Waals surface area contributed by atoms with Crippen LogP contribution in [0.1, 0.15) is 48.2 Å². The first-order valence-electron chi connectivity index (χ1n) is 14.0. The van der Waals surface area contributed by atoms with Crippen LogP contribution in [0.5, 0.6) is 0 Å². The van der Waals surface area contributed by atoms with Gasteiger partial charge in [-0.1, -0.05) is 17.4 Å². The fraction of sp³-hybridized carbons (Fsp3) is 0.500. The lowest BCUT2D eigenvalue weighted by Crippen LogP contribution is -2.71. The van der Waals surface area contributed by atoms with Gasteiger partial charge in [0.05, 0.1) is 13.1 Å². The second kappa shape index (κ2) is 10.6. The summed E-state index contributed by atoms with van der Waals surface area (Å²) in [6.45, 7) is 0.941. The van der Waals surface area contributed by atoms with Gasteiger partial charge in [0.25, 0.3) is 11.8 Å². The topological polar surface area (TPSA) is 113 Å². The van der Waals surface area contributed by atoms with Crippen LogP contribution in [-0.2, 0) is 16.0 Å². The highest BCUT2D eigenvalue weighted by Crippen LogP contribution is 2.47. The van der Waals surface area contributed by atoms with Crippen LogP contribution in [0.3, 0.4) is 0 Å². The van der Waals surface area contributed by atoms with E-state index < -0.39 is 60.0 Å². The largest absolute Gasteiger partial charge is 0.507 e. The molecule has 1 atom stereocenters. The predicted molar refractivity (Wildman–Crippen MR) is 146 cm³/mol. The van der Waals surface area contributed by atoms with Crippen molar-refractivity contribution in [3.8, 4) is 0 Å². The summed E-state index contributed by atoms with van der Waals surface area (Å²) in [5, 5.41) is 34.2. The molecule has 1 spiro atoms. The van der Waals surface area contributed by atoms with E-state index in [0.717, 1.165) is 23.5 Å². The number of hydrogen-bond acceptors (Lipinski definition) is 9. The molecule has 0 radical (unpaired) electrons. The number of hydrogen-bond donors (Lipinski definition) is 2. The average molecular weight is 623 g/mol. The summed E-state index contributed by atoms with van der Waals surface area (Å²) in [6, 6.07) is 3.24. The highest BCUT2D eigenvalue weighted by Gasteiger charge is 2.56. The molecule has 1 aromatic carbocycles. The van der Waals surface area contributed by atoms with Crippen molar-refractivity contribution in [2.24, 2.45) is 5.92 Å². The minimum Gasteiger partial charge on any atom is -0.507 e. The fourth-order valence-corrected chi connectivity index (χ4v) is 7.42. The number of nitrogens with zero attached hydrogens (tertiary/aromatic N) is 6. The van der Waals surface area contributed by atoms with Crippen molar-refractivity contribution in [3.63, 3.8) is 0 Å². The number of hydrazine groups is 1. The number of aromatic nitrogens is 2. The number of aliphatic hydroxyl groups excluding tert-OH is 2. The van der Waals surface area contributed by atoms with E-state index in [1.165, 1.54) is 22.2 Å². The van der Waals surface area contributed by atoms with E-state index in [1.807, 2.05) is 0 Å². The molecule has 0 bridgehead atoms. The number of carbonyl (C=O) groups is 2. The van der Waals surface area contributed by atoms with Gasteiger partial charge in [0.15, 0.2) is 11.5 Å². The van der Waals surface area contributed by atoms with Crippen LogP contribution >= 0.6 is 11.3 Å². The van der Waals surface area contributed by atoms with E-state index in [1.54, 1.807) is 23.9 Å². The van der Waals surface area contributed by atoms with Crippen molar-refractivity contribution in [2.45, 2.75) is 56.7 Å². The first-order valence-corrected chi connectivity index (χ1v) is 14.8. The Bertz CT molecular complexity index is 1530. The zero-order valence-electron chi connectivity index (χ0n) is 23.4. The van der Waals surface area contributed by atoms with Crippen LogP contribution in [0.4, 0.5) is 17.6 Å². The maximum absolute atomic E-state index is 14.2. The van der Waals surface area contributed by atoms with Gasteiger partial charge in [-0.25, -0.2) is 17.6 Å². The number of alkyl halides is 2. The fourth-order valence-electron chi connectivity index (χ4n) is 6.52. The van der Waals surface area contributed by atoms with Crippen molar-refractivity contribution in [3.05, 3.63) is 63.1 Å². The summed E-state index contributed by atoms with van der Waals surface area (Å²) in [7, 11) is 1.75. The van der Waals surface area contributed by atoms with Gasteiger partial charge in [-0.15, -0.1) is 10.2 Å². The number of halogens is 4. The molecule has 3 fully saturated rings. The molecular formula is C28H30F4N6O4S. The van der Waals surface area contributed by atoms with E-state index in [9.17, 15) is 37.4 Å². The van der Waals surface area contributed by atoms with Gasteiger partial charge in [0, 0.05) is 43.8 Å². The maximum atomic E-state index is 14.2. The summed E-state index contributed by atoms with van der Waals surface area (Å²) < 4.78 is 54.2. The quantitative estimate of drug-likeness (QED) is 0.489. The van der Waals surface area contributed by atoms with E-state index in [-0.39, 0.29) is 40.7 Å². The molecule has 1 aliphatic carbocycles. The molecule has 3 aliphatic heterocycles. The van der Waals surface area contributed by atoms with Crippen LogP contribution in [0, 0.1) is 17.6 Å². The second-order valence-electron chi connectivity index (χ2n) is 11.4. The lowest BCUT2D eigenvalue weighted by Gasteiger charge is -2.59. The molecule has 230 valence electrons. The molecule has 2 saturated heterocycles. The first kappa shape index (κ1) is 29.5. The first-order chi connectivity index (χ1) is 20.3. The predicted octanol–water partition coefficient (Wildman–Crippen LogP) is 3.27. The molecule has 6 rings (SSSR count). The number of amides is 2. The van der Waals surface area contributed by atoms with Crippen LogP contribution in [0.25, 0.3) is 5.57 Å². The van der Waals surface area contributed by atoms with Gasteiger partial charge in [-0.3, -0.25) is 14.6 Å². The molecular weight excluding hydrogens is 592 g/mol. The third kappa shape index (κ3) is 4.86. The molecule has 43 heavy (non-hydrogen) atoms. The summed E-state index contributed by atoms with van der Waals surface area (Å²) in [5.74, 6) is -6.07. The van der Waals surface area contributed by atoms with Crippen LogP contribution in [0.15, 0.2) is 35.9 Å². The van der Waals surface area contributed by atoms with Crippen LogP contribution in [0.2, 0.25) is 0 Å². The molecule has 15 heteroatoms. The highest BCUT2D eigenvalue weighted by atomic mass is 32.1. The van der Waals surface area contributed by atoms with Gasteiger partial charge in [0.2, 0.25) is 5.91 Å². The summed E-state index contributed by atoms with van der Waals surface area (Å²) in [6.07, 6.45) is 1.49. The minimum atomic E-state index is -2.85. The van der Waals surface area contributed by atoms with E-state index >= 15 is 0 Å². The number of benzene rings is 1. The molecule has 1 aromatic heterocycles. The number of aliphatic hydroxyl groups is 2. The van der Waals surface area contributed by atoms with Crippen LogP contribution < -0.4 is 0 Å².